The zero-order valence-electron chi connectivity index (χ0n) is 17.6. The van der Waals surface area contributed by atoms with Gasteiger partial charge in [-0.3, -0.25) is 9.59 Å². The lowest BCUT2D eigenvalue weighted by atomic mass is 10.1. The predicted molar refractivity (Wildman–Crippen MR) is 118 cm³/mol. The van der Waals surface area contributed by atoms with E-state index in [1.54, 1.807) is 24.3 Å². The molecule has 0 aliphatic carbocycles. The first-order chi connectivity index (χ1) is 13.9. The average molecular weight is 398 g/mol. The van der Waals surface area contributed by atoms with Gasteiger partial charge in [0.2, 0.25) is 5.91 Å². The van der Waals surface area contributed by atoms with Crippen LogP contribution in [0.4, 0.5) is 11.4 Å². The number of anilines is 2. The van der Waals surface area contributed by atoms with E-state index >= 15 is 0 Å². The van der Waals surface area contributed by atoms with Crippen molar-refractivity contribution < 1.29 is 14.3 Å². The van der Waals surface area contributed by atoms with E-state index in [1.807, 2.05) is 45.0 Å². The molecular weight excluding hydrogens is 366 g/mol. The second-order valence-corrected chi connectivity index (χ2v) is 7.12. The van der Waals surface area contributed by atoms with Gasteiger partial charge in [-0.1, -0.05) is 13.8 Å². The van der Waals surface area contributed by atoms with Crippen molar-refractivity contribution in [2.75, 3.05) is 17.2 Å². The summed E-state index contributed by atoms with van der Waals surface area (Å²) in [7, 11) is 0. The Bertz CT molecular complexity index is 788. The van der Waals surface area contributed by atoms with E-state index in [4.69, 9.17) is 4.74 Å². The summed E-state index contributed by atoms with van der Waals surface area (Å²) in [5.74, 6) is 0.538. The van der Waals surface area contributed by atoms with Crippen molar-refractivity contribution in [1.82, 2.24) is 5.32 Å². The van der Waals surface area contributed by atoms with Crippen LogP contribution in [0.25, 0.3) is 0 Å². The molecule has 2 rings (SSSR count). The summed E-state index contributed by atoms with van der Waals surface area (Å²) in [4.78, 5) is 24.2. The van der Waals surface area contributed by atoms with Crippen molar-refractivity contribution in [2.45, 2.75) is 52.7 Å². The quantitative estimate of drug-likeness (QED) is 0.554. The monoisotopic (exact) mass is 397 g/mol. The minimum Gasteiger partial charge on any atom is -0.491 e. The minimum atomic E-state index is -0.154. The maximum absolute atomic E-state index is 12.2. The summed E-state index contributed by atoms with van der Waals surface area (Å²) in [6.45, 7) is 8.22. The van der Waals surface area contributed by atoms with Gasteiger partial charge in [0.05, 0.1) is 12.6 Å². The Kier molecular flexibility index (Phi) is 8.52. The van der Waals surface area contributed by atoms with Crippen LogP contribution in [0.3, 0.4) is 0 Å². The largest absolute Gasteiger partial charge is 0.491 e. The highest BCUT2D eigenvalue weighted by molar-refractivity contribution is 5.95. The van der Waals surface area contributed by atoms with E-state index in [0.717, 1.165) is 24.3 Å². The molecule has 0 aliphatic rings. The van der Waals surface area contributed by atoms with Crippen LogP contribution in [0, 0.1) is 0 Å². The van der Waals surface area contributed by atoms with Gasteiger partial charge in [0, 0.05) is 23.0 Å². The number of hydrogen-bond donors (Lipinski definition) is 3. The number of rotatable bonds is 10. The van der Waals surface area contributed by atoms with Crippen LogP contribution in [0.5, 0.6) is 5.75 Å². The molecule has 2 amide bonds. The first-order valence-electron chi connectivity index (χ1n) is 10.1. The van der Waals surface area contributed by atoms with Crippen LogP contribution in [0.2, 0.25) is 0 Å². The minimum absolute atomic E-state index is 0.0931. The molecule has 29 heavy (non-hydrogen) atoms. The lowest BCUT2D eigenvalue weighted by molar-refractivity contribution is -0.114. The van der Waals surface area contributed by atoms with E-state index in [0.29, 0.717) is 11.3 Å². The molecule has 0 spiro atoms. The number of nitrogens with one attached hydrogen (secondary N) is 3. The summed E-state index contributed by atoms with van der Waals surface area (Å²) in [6.07, 6.45) is 1.98. The highest BCUT2D eigenvalue weighted by Gasteiger charge is 2.09. The summed E-state index contributed by atoms with van der Waals surface area (Å²) >= 11 is 0. The smallest absolute Gasteiger partial charge is 0.251 e. The molecule has 0 heterocycles. The third-order valence-corrected chi connectivity index (χ3v) is 4.64. The number of carbonyl (C=O) groups is 2. The molecule has 0 fully saturated rings. The summed E-state index contributed by atoms with van der Waals surface area (Å²) in [5, 5.41) is 8.83. The van der Waals surface area contributed by atoms with Gasteiger partial charge in [-0.05, 0) is 75.2 Å². The van der Waals surface area contributed by atoms with E-state index in [1.165, 1.54) is 0 Å². The van der Waals surface area contributed by atoms with Gasteiger partial charge in [0.1, 0.15) is 5.75 Å². The molecule has 3 N–H and O–H groups in total. The fourth-order valence-corrected chi connectivity index (χ4v) is 2.47. The standard InChI is InChI=1S/C23H31N3O3/c1-5-16(3)25-23(28)18-7-9-19(10-8-18)24-15-22(27)26-20-11-13-21(14-12-20)29-17(4)6-2/h7-14,16-17,24H,5-6,15H2,1-4H3,(H,25,28)(H,26,27). The topological polar surface area (TPSA) is 79.5 Å². The second-order valence-electron chi connectivity index (χ2n) is 7.12. The number of benzene rings is 2. The lowest BCUT2D eigenvalue weighted by Crippen LogP contribution is -2.31. The fourth-order valence-electron chi connectivity index (χ4n) is 2.47. The lowest BCUT2D eigenvalue weighted by Gasteiger charge is -2.13. The van der Waals surface area contributed by atoms with E-state index in [-0.39, 0.29) is 30.5 Å². The molecule has 6 heteroatoms. The van der Waals surface area contributed by atoms with Crippen molar-refractivity contribution in [1.29, 1.82) is 0 Å². The van der Waals surface area contributed by atoms with E-state index in [9.17, 15) is 9.59 Å². The zero-order valence-corrected chi connectivity index (χ0v) is 17.6. The van der Waals surface area contributed by atoms with Crippen LogP contribution in [-0.4, -0.2) is 30.5 Å². The van der Waals surface area contributed by atoms with Crippen LogP contribution in [0.15, 0.2) is 48.5 Å². The van der Waals surface area contributed by atoms with E-state index in [2.05, 4.69) is 22.9 Å². The van der Waals surface area contributed by atoms with Crippen molar-refractivity contribution >= 4 is 23.2 Å². The molecule has 2 unspecified atom stereocenters. The van der Waals surface area contributed by atoms with Crippen molar-refractivity contribution in [3.8, 4) is 5.75 Å². The maximum Gasteiger partial charge on any atom is 0.251 e. The molecule has 6 nitrogen and oxygen atoms in total. The zero-order chi connectivity index (χ0) is 21.2. The first kappa shape index (κ1) is 22.3. The van der Waals surface area contributed by atoms with Gasteiger partial charge in [-0.15, -0.1) is 0 Å². The molecule has 0 saturated carbocycles. The Balaban J connectivity index is 1.80. The van der Waals surface area contributed by atoms with Gasteiger partial charge >= 0.3 is 0 Å². The third kappa shape index (κ3) is 7.49. The number of carbonyl (C=O) groups excluding carboxylic acids is 2. The Labute approximate surface area is 173 Å². The van der Waals surface area contributed by atoms with Gasteiger partial charge in [0.25, 0.3) is 5.91 Å². The summed E-state index contributed by atoms with van der Waals surface area (Å²) < 4.78 is 5.73. The highest BCUT2D eigenvalue weighted by Crippen LogP contribution is 2.17. The Morgan fingerprint density at radius 3 is 2.10 bits per heavy atom. The molecule has 0 aromatic heterocycles. The third-order valence-electron chi connectivity index (χ3n) is 4.64. The normalized spacial score (nSPS) is 12.6. The van der Waals surface area contributed by atoms with Gasteiger partial charge < -0.3 is 20.7 Å². The van der Waals surface area contributed by atoms with Crippen LogP contribution < -0.4 is 20.7 Å². The summed E-state index contributed by atoms with van der Waals surface area (Å²) in [6, 6.07) is 14.5. The predicted octanol–water partition coefficient (Wildman–Crippen LogP) is 4.44. The molecular formula is C23H31N3O3. The van der Waals surface area contributed by atoms with Crippen LogP contribution >= 0.6 is 0 Å². The molecule has 0 bridgehead atoms. The number of hydrogen-bond acceptors (Lipinski definition) is 4. The second kappa shape index (κ2) is 11.1. The van der Waals surface area contributed by atoms with Crippen molar-refractivity contribution in [3.05, 3.63) is 54.1 Å². The Morgan fingerprint density at radius 1 is 0.897 bits per heavy atom. The molecule has 2 aromatic rings. The molecule has 0 aliphatic heterocycles. The molecule has 156 valence electrons. The van der Waals surface area contributed by atoms with Crippen LogP contribution in [0.1, 0.15) is 50.9 Å². The number of amides is 2. The first-order valence-corrected chi connectivity index (χ1v) is 10.1. The SMILES string of the molecule is CCC(C)NC(=O)c1ccc(NCC(=O)Nc2ccc(OC(C)CC)cc2)cc1. The molecule has 2 atom stereocenters. The van der Waals surface area contributed by atoms with Crippen molar-refractivity contribution in [3.63, 3.8) is 0 Å². The van der Waals surface area contributed by atoms with Gasteiger partial charge in [0.15, 0.2) is 0 Å². The molecule has 2 aromatic carbocycles. The number of ether oxygens (including phenoxy) is 1. The summed E-state index contributed by atoms with van der Waals surface area (Å²) in [5.41, 5.74) is 2.09. The Hall–Kier alpha value is -3.02. The molecule has 0 saturated heterocycles. The van der Waals surface area contributed by atoms with Gasteiger partial charge in [-0.25, -0.2) is 0 Å². The van der Waals surface area contributed by atoms with Crippen LogP contribution in [-0.2, 0) is 4.79 Å². The van der Waals surface area contributed by atoms with Crippen molar-refractivity contribution in [2.24, 2.45) is 0 Å². The molecule has 0 radical (unpaired) electrons. The maximum atomic E-state index is 12.2. The highest BCUT2D eigenvalue weighted by atomic mass is 16.5. The van der Waals surface area contributed by atoms with E-state index < -0.39 is 0 Å². The fraction of sp³-hybridized carbons (Fsp3) is 0.391. The Morgan fingerprint density at radius 2 is 1.52 bits per heavy atom. The van der Waals surface area contributed by atoms with Gasteiger partial charge in [-0.2, -0.15) is 0 Å². The average Bonchev–Trinajstić information content (AvgIpc) is 2.73.